The molecule has 1 fully saturated rings. The van der Waals surface area contributed by atoms with Crippen molar-refractivity contribution in [2.24, 2.45) is 0 Å². The number of aromatic nitrogens is 2. The maximum Gasteiger partial charge on any atom is 0.434 e. The molecule has 4 rings (SSSR count). The Balaban J connectivity index is 0.00000149. The van der Waals surface area contributed by atoms with Crippen LogP contribution in [0.5, 0.6) is 0 Å². The zero-order chi connectivity index (χ0) is 24.2. The van der Waals surface area contributed by atoms with Crippen LogP contribution >= 0.6 is 0 Å². The lowest BCUT2D eigenvalue weighted by molar-refractivity contribution is 0.282. The number of nitrogens with zero attached hydrogens (tertiary/aromatic N) is 2. The molecular weight excluding hydrogens is 451 g/mol. The Kier molecular flexibility index (Phi) is 7.67. The molecule has 0 amide bonds. The number of aromatic amines is 1. The van der Waals surface area contributed by atoms with Gasteiger partial charge in [0.25, 0.3) is 0 Å². The van der Waals surface area contributed by atoms with Gasteiger partial charge in [0, 0.05) is 25.4 Å². The maximum absolute atomic E-state index is 14.7. The molecule has 2 heterocycles. The van der Waals surface area contributed by atoms with Crippen molar-refractivity contribution in [1.82, 2.24) is 14.5 Å². The van der Waals surface area contributed by atoms with Crippen molar-refractivity contribution in [1.29, 1.82) is 0 Å². The van der Waals surface area contributed by atoms with Crippen LogP contribution in [-0.2, 0) is 23.0 Å². The second-order valence-electron chi connectivity index (χ2n) is 7.74. The molecule has 178 valence electrons. The molecule has 2 atom stereocenters. The van der Waals surface area contributed by atoms with E-state index in [-0.39, 0.29) is 36.1 Å². The number of rotatable bonds is 5. The first-order chi connectivity index (χ1) is 15.8. The Morgan fingerprint density at radius 3 is 2.55 bits per heavy atom. The molecule has 11 heteroatoms. The zero-order valence-electron chi connectivity index (χ0n) is 18.4. The molecule has 4 N–H and O–H groups in total. The Labute approximate surface area is 191 Å². The number of H-pyrrole nitrogens is 1. The molecule has 0 bridgehead atoms. The molecule has 1 aliphatic heterocycles. The van der Waals surface area contributed by atoms with Crippen molar-refractivity contribution in [2.45, 2.75) is 44.0 Å². The molecule has 0 unspecified atom stereocenters. The molecule has 1 aromatic heterocycles. The summed E-state index contributed by atoms with van der Waals surface area (Å²) in [5, 5.41) is 12.1. The minimum atomic E-state index is -3.66. The van der Waals surface area contributed by atoms with Crippen molar-refractivity contribution in [3.8, 4) is 0 Å². The highest BCUT2D eigenvalue weighted by atomic mass is 32.2. The molecular formula is C22H27FN4O5S. The van der Waals surface area contributed by atoms with Crippen LogP contribution < -0.4 is 11.5 Å². The lowest BCUT2D eigenvalue weighted by Gasteiger charge is -2.37. The van der Waals surface area contributed by atoms with Crippen molar-refractivity contribution in [3.05, 3.63) is 81.4 Å². The number of hydrogen-bond donors (Lipinski definition) is 3. The lowest BCUT2D eigenvalue weighted by Crippen LogP contribution is -2.44. The molecule has 1 saturated heterocycles. The zero-order valence-corrected chi connectivity index (χ0v) is 19.2. The predicted octanol–water partition coefficient (Wildman–Crippen LogP) is 2.34. The number of aliphatic hydroxyl groups is 1. The number of hydrogen-bond acceptors (Lipinski definition) is 7. The Hall–Kier alpha value is -3.02. The van der Waals surface area contributed by atoms with E-state index in [4.69, 9.17) is 15.3 Å². The Morgan fingerprint density at radius 1 is 1.21 bits per heavy atom. The summed E-state index contributed by atoms with van der Waals surface area (Å²) < 4.78 is 47.7. The van der Waals surface area contributed by atoms with E-state index in [1.54, 1.807) is 0 Å². The van der Waals surface area contributed by atoms with Gasteiger partial charge in [0.05, 0.1) is 6.42 Å². The van der Waals surface area contributed by atoms with Crippen molar-refractivity contribution >= 4 is 15.7 Å². The van der Waals surface area contributed by atoms with Gasteiger partial charge in [-0.25, -0.2) is 22.7 Å². The van der Waals surface area contributed by atoms with E-state index in [1.807, 2.05) is 37.3 Å². The summed E-state index contributed by atoms with van der Waals surface area (Å²) in [4.78, 5) is 11.1. The summed E-state index contributed by atoms with van der Waals surface area (Å²) in [5.41, 5.74) is 7.73. The number of aliphatic hydroxyl groups excluding tert-OH is 1. The fraction of sp³-hybridized carbons (Fsp3) is 0.364. The average Bonchev–Trinajstić information content (AvgIpc) is 3.20. The molecule has 1 aliphatic rings. The van der Waals surface area contributed by atoms with Gasteiger partial charge < -0.3 is 15.3 Å². The third-order valence-electron chi connectivity index (χ3n) is 5.65. The van der Waals surface area contributed by atoms with Gasteiger partial charge in [-0.2, -0.15) is 4.31 Å². The number of halogens is 1. The lowest BCUT2D eigenvalue weighted by atomic mass is 10.0. The largest absolute Gasteiger partial charge is 0.434 e. The number of nitrogen functional groups attached to an aromatic ring is 1. The van der Waals surface area contributed by atoms with E-state index in [0.717, 1.165) is 12.7 Å². The SMILES string of the molecule is CO.C[C@H]1CC[C@H](c2ccccc2)S(=O)(=O)N1Cc1cc(F)c(Cc2n[nH]c(=O)o2)cc1N. The minimum Gasteiger partial charge on any atom is -0.400 e. The number of nitrogens with two attached hydrogens (primary N) is 1. The highest BCUT2D eigenvalue weighted by Crippen LogP contribution is 2.38. The normalized spacial score (nSPS) is 20.1. The van der Waals surface area contributed by atoms with Gasteiger partial charge >= 0.3 is 5.76 Å². The van der Waals surface area contributed by atoms with E-state index in [1.165, 1.54) is 16.4 Å². The van der Waals surface area contributed by atoms with E-state index >= 15 is 0 Å². The van der Waals surface area contributed by atoms with Gasteiger partial charge in [0.1, 0.15) is 11.1 Å². The van der Waals surface area contributed by atoms with Crippen LogP contribution in [0.15, 0.2) is 51.7 Å². The van der Waals surface area contributed by atoms with E-state index in [9.17, 15) is 17.6 Å². The quantitative estimate of drug-likeness (QED) is 0.478. The standard InChI is InChI=1S/C21H23FN4O4S.CH4O/c1-13-7-8-19(14-5-3-2-4-6-14)31(28,29)26(13)12-16-9-17(22)15(10-18(16)23)11-20-24-25-21(27)30-20;1-2/h2-6,9-10,13,19H,7-8,11-12,23H2,1H3,(H,25,27);2H,1H3/t13-,19+;/m0./s1. The van der Waals surface area contributed by atoms with Crippen molar-refractivity contribution < 1.29 is 22.3 Å². The number of anilines is 1. The summed E-state index contributed by atoms with van der Waals surface area (Å²) in [7, 11) is -2.66. The molecule has 0 aliphatic carbocycles. The monoisotopic (exact) mass is 478 g/mol. The molecule has 0 saturated carbocycles. The van der Waals surface area contributed by atoms with Gasteiger partial charge in [0.2, 0.25) is 15.9 Å². The minimum absolute atomic E-state index is 0.0205. The number of nitrogens with one attached hydrogen (secondary N) is 1. The fourth-order valence-corrected chi connectivity index (χ4v) is 6.16. The van der Waals surface area contributed by atoms with Crippen molar-refractivity contribution in [3.63, 3.8) is 0 Å². The number of benzene rings is 2. The van der Waals surface area contributed by atoms with E-state index in [2.05, 4.69) is 10.2 Å². The highest BCUT2D eigenvalue weighted by Gasteiger charge is 2.40. The molecule has 0 radical (unpaired) electrons. The van der Waals surface area contributed by atoms with Gasteiger partial charge in [0.15, 0.2) is 0 Å². The Morgan fingerprint density at radius 2 is 1.91 bits per heavy atom. The average molecular weight is 479 g/mol. The van der Waals surface area contributed by atoms with Gasteiger partial charge in [-0.05, 0) is 48.6 Å². The van der Waals surface area contributed by atoms with E-state index in [0.29, 0.717) is 18.4 Å². The van der Waals surface area contributed by atoms with Gasteiger partial charge in [-0.3, -0.25) is 0 Å². The second kappa shape index (κ2) is 10.3. The summed E-state index contributed by atoms with van der Waals surface area (Å²) in [6.07, 6.45) is 1.17. The van der Waals surface area contributed by atoms with Crippen LogP contribution in [0.3, 0.4) is 0 Å². The number of sulfonamides is 1. The smallest absolute Gasteiger partial charge is 0.400 e. The first kappa shape index (κ1) is 24.6. The maximum atomic E-state index is 14.7. The third-order valence-corrected chi connectivity index (χ3v) is 8.02. The van der Waals surface area contributed by atoms with Crippen molar-refractivity contribution in [2.75, 3.05) is 12.8 Å². The van der Waals surface area contributed by atoms with E-state index < -0.39 is 26.8 Å². The van der Waals surface area contributed by atoms with Crippen LogP contribution in [0.2, 0.25) is 0 Å². The molecule has 33 heavy (non-hydrogen) atoms. The summed E-state index contributed by atoms with van der Waals surface area (Å²) in [5.74, 6) is -1.26. The fourth-order valence-electron chi connectivity index (χ4n) is 3.97. The highest BCUT2D eigenvalue weighted by molar-refractivity contribution is 7.89. The van der Waals surface area contributed by atoms with Crippen LogP contribution in [0, 0.1) is 5.82 Å². The summed E-state index contributed by atoms with van der Waals surface area (Å²) in [6, 6.07) is 11.5. The van der Waals surface area contributed by atoms with Crippen LogP contribution in [0.1, 0.15) is 47.6 Å². The molecule has 9 nitrogen and oxygen atoms in total. The van der Waals surface area contributed by atoms with Crippen LogP contribution in [-0.4, -0.2) is 41.2 Å². The summed E-state index contributed by atoms with van der Waals surface area (Å²) in [6.45, 7) is 1.83. The molecule has 2 aromatic carbocycles. The Bertz CT molecular complexity index is 1240. The van der Waals surface area contributed by atoms with Gasteiger partial charge in [-0.1, -0.05) is 30.3 Å². The first-order valence-electron chi connectivity index (χ1n) is 10.4. The van der Waals surface area contributed by atoms with Gasteiger partial charge in [-0.15, -0.1) is 5.10 Å². The molecule has 0 spiro atoms. The topological polar surface area (TPSA) is 143 Å². The third kappa shape index (κ3) is 5.32. The predicted molar refractivity (Wildman–Crippen MR) is 121 cm³/mol. The first-order valence-corrected chi connectivity index (χ1v) is 11.9. The molecule has 3 aromatic rings. The second-order valence-corrected chi connectivity index (χ2v) is 9.81. The van der Waals surface area contributed by atoms with Crippen LogP contribution in [0.4, 0.5) is 10.1 Å². The van der Waals surface area contributed by atoms with Crippen LogP contribution in [0.25, 0.3) is 0 Å². The summed E-state index contributed by atoms with van der Waals surface area (Å²) >= 11 is 0.